The first-order valence-electron chi connectivity index (χ1n) is 3.04. The number of nitrogens with zero attached hydrogens (tertiary/aromatic N) is 1. The Morgan fingerprint density at radius 1 is 1.40 bits per heavy atom. The molecule has 1 rings (SSSR count). The highest BCUT2D eigenvalue weighted by molar-refractivity contribution is 5.51. The Labute approximate surface area is 60.1 Å². The molecular formula is C8H8N2. The molecule has 0 amide bonds. The van der Waals surface area contributed by atoms with Crippen LogP contribution < -0.4 is 5.73 Å². The Morgan fingerprint density at radius 3 is 2.60 bits per heavy atom. The van der Waals surface area contributed by atoms with Crippen LogP contribution in [-0.2, 0) is 6.54 Å². The molecule has 0 radical (unpaired) electrons. The highest BCUT2D eigenvalue weighted by atomic mass is 14.7. The van der Waals surface area contributed by atoms with Gasteiger partial charge in [-0.2, -0.15) is 0 Å². The Balaban J connectivity index is 3.12. The lowest BCUT2D eigenvalue weighted by Gasteiger charge is -1.96. The van der Waals surface area contributed by atoms with Gasteiger partial charge in [0.05, 0.1) is 6.57 Å². The van der Waals surface area contributed by atoms with E-state index in [0.717, 1.165) is 5.56 Å². The van der Waals surface area contributed by atoms with E-state index in [4.69, 9.17) is 12.3 Å². The van der Waals surface area contributed by atoms with Crippen molar-refractivity contribution in [1.29, 1.82) is 0 Å². The zero-order chi connectivity index (χ0) is 7.40. The second kappa shape index (κ2) is 3.00. The summed E-state index contributed by atoms with van der Waals surface area (Å²) in [6.45, 7) is 7.20. The number of hydrogen-bond donors (Lipinski definition) is 1. The lowest BCUT2D eigenvalue weighted by Crippen LogP contribution is -1.95. The summed E-state index contributed by atoms with van der Waals surface area (Å²) in [6, 6.07) is 7.37. The van der Waals surface area contributed by atoms with Gasteiger partial charge in [-0.1, -0.05) is 24.3 Å². The van der Waals surface area contributed by atoms with E-state index in [-0.39, 0.29) is 0 Å². The summed E-state index contributed by atoms with van der Waals surface area (Å²) in [6.07, 6.45) is 0. The van der Waals surface area contributed by atoms with E-state index in [1.807, 2.05) is 18.2 Å². The van der Waals surface area contributed by atoms with Crippen molar-refractivity contribution in [3.8, 4) is 0 Å². The first-order chi connectivity index (χ1) is 4.88. The monoisotopic (exact) mass is 132 g/mol. The summed E-state index contributed by atoms with van der Waals surface area (Å²) < 4.78 is 0. The topological polar surface area (TPSA) is 30.4 Å². The molecule has 2 nitrogen and oxygen atoms in total. The molecule has 0 fully saturated rings. The predicted molar refractivity (Wildman–Crippen MR) is 40.6 cm³/mol. The molecule has 0 saturated carbocycles. The second-order valence-electron chi connectivity index (χ2n) is 1.94. The fourth-order valence-electron chi connectivity index (χ4n) is 0.793. The summed E-state index contributed by atoms with van der Waals surface area (Å²) in [4.78, 5) is 3.31. The molecule has 0 atom stereocenters. The van der Waals surface area contributed by atoms with Crippen molar-refractivity contribution in [3.63, 3.8) is 0 Å². The third-order valence-electron chi connectivity index (χ3n) is 1.33. The van der Waals surface area contributed by atoms with Gasteiger partial charge in [0, 0.05) is 6.54 Å². The van der Waals surface area contributed by atoms with Crippen LogP contribution in [-0.4, -0.2) is 0 Å². The molecule has 0 saturated heterocycles. The third kappa shape index (κ3) is 1.15. The lowest BCUT2D eigenvalue weighted by atomic mass is 10.2. The normalized spacial score (nSPS) is 8.80. The zero-order valence-electron chi connectivity index (χ0n) is 5.54. The largest absolute Gasteiger partial charge is 0.328 e. The molecule has 0 aliphatic rings. The number of benzene rings is 1. The highest BCUT2D eigenvalue weighted by Crippen LogP contribution is 2.16. The van der Waals surface area contributed by atoms with Gasteiger partial charge in [-0.3, -0.25) is 0 Å². The molecule has 0 heterocycles. The van der Waals surface area contributed by atoms with Crippen molar-refractivity contribution < 1.29 is 0 Å². The number of para-hydroxylation sites is 1. The van der Waals surface area contributed by atoms with Crippen molar-refractivity contribution in [2.45, 2.75) is 6.54 Å². The maximum absolute atomic E-state index is 6.76. The predicted octanol–water partition coefficient (Wildman–Crippen LogP) is 1.70. The molecule has 1 aromatic rings. The second-order valence-corrected chi connectivity index (χ2v) is 1.94. The van der Waals surface area contributed by atoms with Crippen LogP contribution in [0.25, 0.3) is 4.85 Å². The van der Waals surface area contributed by atoms with Gasteiger partial charge in [0.25, 0.3) is 0 Å². The Bertz CT molecular complexity index is 260. The van der Waals surface area contributed by atoms with Crippen LogP contribution >= 0.6 is 0 Å². The smallest absolute Gasteiger partial charge is 0.191 e. The van der Waals surface area contributed by atoms with Gasteiger partial charge >= 0.3 is 0 Å². The van der Waals surface area contributed by atoms with E-state index in [2.05, 4.69) is 4.85 Å². The molecule has 2 heteroatoms. The first kappa shape index (κ1) is 6.79. The van der Waals surface area contributed by atoms with Crippen LogP contribution in [0.3, 0.4) is 0 Å². The molecule has 0 spiro atoms. The molecule has 0 aliphatic heterocycles. The summed E-state index contributed by atoms with van der Waals surface area (Å²) in [5.74, 6) is 0. The zero-order valence-corrected chi connectivity index (χ0v) is 5.54. The molecule has 1 aromatic carbocycles. The standard InChI is InChI=1S/C8H8N2/c1-10-8-5-3-2-4-7(8)6-9/h2-5H,6,9H2. The highest BCUT2D eigenvalue weighted by Gasteiger charge is 1.95. The quantitative estimate of drug-likeness (QED) is 0.579. The van der Waals surface area contributed by atoms with Gasteiger partial charge < -0.3 is 5.73 Å². The van der Waals surface area contributed by atoms with Crippen LogP contribution in [0.15, 0.2) is 24.3 Å². The molecule has 50 valence electrons. The molecule has 10 heavy (non-hydrogen) atoms. The van der Waals surface area contributed by atoms with Gasteiger partial charge in [-0.15, -0.1) is 0 Å². The Kier molecular flexibility index (Phi) is 2.03. The minimum absolute atomic E-state index is 0.443. The van der Waals surface area contributed by atoms with E-state index in [1.165, 1.54) is 0 Å². The average Bonchev–Trinajstić information content (AvgIpc) is 2.04. The van der Waals surface area contributed by atoms with Crippen LogP contribution in [0.5, 0.6) is 0 Å². The summed E-state index contributed by atoms with van der Waals surface area (Å²) in [5, 5.41) is 0. The van der Waals surface area contributed by atoms with Crippen molar-refractivity contribution >= 4 is 5.69 Å². The van der Waals surface area contributed by atoms with Crippen LogP contribution in [0.1, 0.15) is 5.56 Å². The third-order valence-corrected chi connectivity index (χ3v) is 1.33. The maximum atomic E-state index is 6.76. The Hall–Kier alpha value is -1.33. The molecular weight excluding hydrogens is 124 g/mol. The fraction of sp³-hybridized carbons (Fsp3) is 0.125. The molecule has 0 aromatic heterocycles. The summed E-state index contributed by atoms with van der Waals surface area (Å²) >= 11 is 0. The minimum Gasteiger partial charge on any atom is -0.328 e. The van der Waals surface area contributed by atoms with E-state index >= 15 is 0 Å². The number of rotatable bonds is 1. The van der Waals surface area contributed by atoms with Crippen molar-refractivity contribution in [2.24, 2.45) is 5.73 Å². The van der Waals surface area contributed by atoms with Crippen molar-refractivity contribution in [3.05, 3.63) is 41.2 Å². The maximum Gasteiger partial charge on any atom is 0.191 e. The minimum atomic E-state index is 0.443. The molecule has 0 aliphatic carbocycles. The van der Waals surface area contributed by atoms with Gasteiger partial charge in [0.1, 0.15) is 0 Å². The number of nitrogens with two attached hydrogens (primary N) is 1. The van der Waals surface area contributed by atoms with E-state index in [0.29, 0.717) is 12.2 Å². The molecule has 0 unspecified atom stereocenters. The SMILES string of the molecule is [C-]#[N+]c1ccccc1CN. The van der Waals surface area contributed by atoms with E-state index in [1.54, 1.807) is 6.07 Å². The van der Waals surface area contributed by atoms with Crippen LogP contribution in [0.2, 0.25) is 0 Å². The average molecular weight is 132 g/mol. The summed E-state index contributed by atoms with van der Waals surface area (Å²) in [7, 11) is 0. The van der Waals surface area contributed by atoms with Gasteiger partial charge in [0.15, 0.2) is 5.69 Å². The molecule has 2 N–H and O–H groups in total. The van der Waals surface area contributed by atoms with Crippen molar-refractivity contribution in [1.82, 2.24) is 0 Å². The van der Waals surface area contributed by atoms with E-state index in [9.17, 15) is 0 Å². The van der Waals surface area contributed by atoms with Crippen molar-refractivity contribution in [2.75, 3.05) is 0 Å². The van der Waals surface area contributed by atoms with Gasteiger partial charge in [-0.05, 0) is 5.56 Å². The van der Waals surface area contributed by atoms with Gasteiger partial charge in [-0.25, -0.2) is 4.85 Å². The van der Waals surface area contributed by atoms with E-state index < -0.39 is 0 Å². The molecule has 0 bridgehead atoms. The Morgan fingerprint density at radius 2 is 2.10 bits per heavy atom. The van der Waals surface area contributed by atoms with Crippen LogP contribution in [0, 0.1) is 6.57 Å². The summed E-state index contributed by atoms with van der Waals surface area (Å²) in [5.41, 5.74) is 6.95. The fourth-order valence-corrected chi connectivity index (χ4v) is 0.793. The number of hydrogen-bond acceptors (Lipinski definition) is 1. The first-order valence-corrected chi connectivity index (χ1v) is 3.04. The van der Waals surface area contributed by atoms with Gasteiger partial charge in [0.2, 0.25) is 0 Å². The lowest BCUT2D eigenvalue weighted by molar-refractivity contribution is 1.08. The van der Waals surface area contributed by atoms with Crippen LogP contribution in [0.4, 0.5) is 5.69 Å².